The van der Waals surface area contributed by atoms with Crippen LogP contribution in [0.25, 0.3) is 0 Å². The van der Waals surface area contributed by atoms with E-state index in [1.54, 1.807) is 18.2 Å². The summed E-state index contributed by atoms with van der Waals surface area (Å²) in [6.45, 7) is 2.24. The fraction of sp³-hybridized carbons (Fsp3) is 0.400. The van der Waals surface area contributed by atoms with Gasteiger partial charge in [0.2, 0.25) is 0 Å². The van der Waals surface area contributed by atoms with Crippen LogP contribution in [0.5, 0.6) is 0 Å². The van der Waals surface area contributed by atoms with E-state index in [1.165, 1.54) is 12.1 Å². The Kier molecular flexibility index (Phi) is 8.35. The Hall–Kier alpha value is 0.766. The first-order chi connectivity index (χ1) is 6.67. The molecule has 5 heteroatoms. The first-order valence-corrected chi connectivity index (χ1v) is 6.02. The summed E-state index contributed by atoms with van der Waals surface area (Å²) in [4.78, 5) is 0.219. The van der Waals surface area contributed by atoms with Gasteiger partial charge in [0.1, 0.15) is 0 Å². The van der Waals surface area contributed by atoms with Crippen molar-refractivity contribution in [2.24, 2.45) is 0 Å². The van der Waals surface area contributed by atoms with E-state index in [9.17, 15) is 8.42 Å². The monoisotopic (exact) mass is 253 g/mol. The molecule has 0 aliphatic rings. The molecule has 0 unspecified atom stereocenters. The fourth-order valence-electron chi connectivity index (χ4n) is 0.968. The van der Waals surface area contributed by atoms with Gasteiger partial charge in [0.05, 0.1) is 11.5 Å². The molecule has 15 heavy (non-hydrogen) atoms. The fourth-order valence-corrected chi connectivity index (χ4v) is 1.93. The summed E-state index contributed by atoms with van der Waals surface area (Å²) in [6.07, 6.45) is 1.68. The average Bonchev–Trinajstić information content (AvgIpc) is 2.19. The van der Waals surface area contributed by atoms with Crippen LogP contribution in [0.3, 0.4) is 0 Å². The number of benzene rings is 1. The van der Waals surface area contributed by atoms with Crippen LogP contribution in [0.1, 0.15) is 19.8 Å². The van der Waals surface area contributed by atoms with E-state index >= 15 is 0 Å². The van der Waals surface area contributed by atoms with Gasteiger partial charge in [0, 0.05) is 51.4 Å². The molecule has 0 saturated carbocycles. The largest absolute Gasteiger partial charge is 0.296 e. The van der Waals surface area contributed by atoms with Crippen molar-refractivity contribution in [3.05, 3.63) is 30.3 Å². The minimum atomic E-state index is -3.53. The molecule has 3 nitrogen and oxygen atoms in total. The normalized spacial score (nSPS) is 10.7. The van der Waals surface area contributed by atoms with Gasteiger partial charge in [-0.1, -0.05) is 31.5 Å². The van der Waals surface area contributed by atoms with Gasteiger partial charge in [-0.2, -0.15) is 8.42 Å². The molecular formula is C10H14KO3S. The zero-order chi connectivity index (χ0) is 10.4. The summed E-state index contributed by atoms with van der Waals surface area (Å²) in [5.41, 5.74) is 0. The topological polar surface area (TPSA) is 43.4 Å². The molecule has 0 saturated heterocycles. The number of unbranched alkanes of at least 4 members (excludes halogenated alkanes) is 1. The van der Waals surface area contributed by atoms with Crippen LogP contribution in [0.15, 0.2) is 35.2 Å². The molecule has 79 valence electrons. The molecule has 0 atom stereocenters. The van der Waals surface area contributed by atoms with Gasteiger partial charge < -0.3 is 0 Å². The molecule has 1 aromatic carbocycles. The maximum absolute atomic E-state index is 11.5. The summed E-state index contributed by atoms with van der Waals surface area (Å²) in [7, 11) is -3.53. The molecule has 0 fully saturated rings. The number of hydrogen-bond acceptors (Lipinski definition) is 3. The van der Waals surface area contributed by atoms with Crippen molar-refractivity contribution in [2.75, 3.05) is 6.61 Å². The van der Waals surface area contributed by atoms with E-state index in [0.29, 0.717) is 0 Å². The van der Waals surface area contributed by atoms with Crippen molar-refractivity contribution in [3.63, 3.8) is 0 Å². The predicted molar refractivity (Wildman–Crippen MR) is 60.2 cm³/mol. The van der Waals surface area contributed by atoms with Crippen LogP contribution in [-0.2, 0) is 14.3 Å². The third-order valence-corrected chi connectivity index (χ3v) is 3.09. The molecule has 0 N–H and O–H groups in total. The van der Waals surface area contributed by atoms with E-state index in [0.717, 1.165) is 12.8 Å². The first-order valence-electron chi connectivity index (χ1n) is 4.61. The van der Waals surface area contributed by atoms with Gasteiger partial charge in [-0.3, -0.25) is 4.18 Å². The zero-order valence-electron chi connectivity index (χ0n) is 9.14. The standard InChI is InChI=1S/C10H14O3S.K/c1-2-3-9-13-14(11,12)10-7-5-4-6-8-10;/h4-8H,2-3,9H2,1H3;. The van der Waals surface area contributed by atoms with E-state index < -0.39 is 10.1 Å². The minimum Gasteiger partial charge on any atom is -0.266 e. The summed E-state index contributed by atoms with van der Waals surface area (Å²) in [5.74, 6) is 0. The molecule has 0 aliphatic heterocycles. The van der Waals surface area contributed by atoms with Crippen molar-refractivity contribution in [1.82, 2.24) is 0 Å². The molecular weight excluding hydrogens is 239 g/mol. The second-order valence-corrected chi connectivity index (χ2v) is 4.56. The van der Waals surface area contributed by atoms with E-state index in [-0.39, 0.29) is 62.9 Å². The van der Waals surface area contributed by atoms with Crippen LogP contribution in [0.4, 0.5) is 0 Å². The third-order valence-electron chi connectivity index (χ3n) is 1.77. The van der Waals surface area contributed by atoms with E-state index in [1.807, 2.05) is 6.92 Å². The molecule has 0 bridgehead atoms. The van der Waals surface area contributed by atoms with Crippen molar-refractivity contribution < 1.29 is 12.6 Å². The molecule has 0 amide bonds. The van der Waals surface area contributed by atoms with Crippen molar-refractivity contribution in [2.45, 2.75) is 24.7 Å². The Bertz CT molecular complexity index is 362. The Morgan fingerprint density at radius 2 is 1.80 bits per heavy atom. The smallest absolute Gasteiger partial charge is 0.266 e. The van der Waals surface area contributed by atoms with Gasteiger partial charge in [0.25, 0.3) is 10.1 Å². The van der Waals surface area contributed by atoms with Crippen LogP contribution in [0, 0.1) is 0 Å². The van der Waals surface area contributed by atoms with Gasteiger partial charge in [0.15, 0.2) is 0 Å². The predicted octanol–water partition coefficient (Wildman–Crippen LogP) is 1.81. The summed E-state index contributed by atoms with van der Waals surface area (Å²) in [5, 5.41) is 0. The molecule has 0 spiro atoms. The summed E-state index contributed by atoms with van der Waals surface area (Å²) in [6, 6.07) is 8.18. The Morgan fingerprint density at radius 3 is 2.33 bits per heavy atom. The van der Waals surface area contributed by atoms with Crippen LogP contribution in [0.2, 0.25) is 0 Å². The van der Waals surface area contributed by atoms with Crippen molar-refractivity contribution >= 4 is 61.5 Å². The number of hydrogen-bond donors (Lipinski definition) is 0. The van der Waals surface area contributed by atoms with E-state index in [4.69, 9.17) is 4.18 Å². The second kappa shape index (κ2) is 7.95. The Morgan fingerprint density at radius 1 is 1.20 bits per heavy atom. The third kappa shape index (κ3) is 5.58. The molecule has 1 aromatic rings. The SMILES string of the molecule is CCCCOS(=O)(=O)c1ccccc1.[K]. The minimum absolute atomic E-state index is 0. The average molecular weight is 253 g/mol. The zero-order valence-corrected chi connectivity index (χ0v) is 13.1. The summed E-state index contributed by atoms with van der Waals surface area (Å²) < 4.78 is 27.8. The Labute approximate surface area is 134 Å². The van der Waals surface area contributed by atoms with Gasteiger partial charge >= 0.3 is 0 Å². The second-order valence-electron chi connectivity index (χ2n) is 2.94. The quantitative estimate of drug-likeness (QED) is 0.457. The first kappa shape index (κ1) is 15.8. The van der Waals surface area contributed by atoms with Gasteiger partial charge in [-0.25, -0.2) is 0 Å². The van der Waals surface area contributed by atoms with Crippen LogP contribution < -0.4 is 0 Å². The maximum atomic E-state index is 11.5. The van der Waals surface area contributed by atoms with E-state index in [2.05, 4.69) is 0 Å². The molecule has 0 aliphatic carbocycles. The molecule has 1 rings (SSSR count). The van der Waals surface area contributed by atoms with Crippen LogP contribution in [-0.4, -0.2) is 66.4 Å². The number of rotatable bonds is 5. The van der Waals surface area contributed by atoms with Gasteiger partial charge in [-0.05, 0) is 18.6 Å². The van der Waals surface area contributed by atoms with Crippen LogP contribution >= 0.6 is 0 Å². The van der Waals surface area contributed by atoms with Crippen molar-refractivity contribution in [3.8, 4) is 0 Å². The molecule has 0 aromatic heterocycles. The molecule has 1 radical (unpaired) electrons. The van der Waals surface area contributed by atoms with Gasteiger partial charge in [-0.15, -0.1) is 0 Å². The summed E-state index contributed by atoms with van der Waals surface area (Å²) >= 11 is 0. The molecule has 0 heterocycles. The van der Waals surface area contributed by atoms with Crippen molar-refractivity contribution in [1.29, 1.82) is 0 Å². The Balaban J connectivity index is 0.00000196. The maximum Gasteiger partial charge on any atom is 0.296 e.